The zero-order valence-electron chi connectivity index (χ0n) is 16.0. The first-order chi connectivity index (χ1) is 13.3. The van der Waals surface area contributed by atoms with Crippen molar-refractivity contribution in [3.63, 3.8) is 0 Å². The van der Waals surface area contributed by atoms with Crippen LogP contribution in [0.3, 0.4) is 0 Å². The SMILES string of the molecule is CCCCCN1CC(C)N(C(=O)NC(CCl)C(=O)NC2CNC2=O)C(=O)C1=O. The summed E-state index contributed by atoms with van der Waals surface area (Å²) in [6.07, 6.45) is 2.73. The van der Waals surface area contributed by atoms with Crippen LogP contribution in [0.4, 0.5) is 4.79 Å². The van der Waals surface area contributed by atoms with E-state index in [9.17, 15) is 24.0 Å². The van der Waals surface area contributed by atoms with Gasteiger partial charge in [0.15, 0.2) is 0 Å². The van der Waals surface area contributed by atoms with Gasteiger partial charge in [0.1, 0.15) is 12.1 Å². The minimum atomic E-state index is -1.14. The number of amides is 6. The molecule has 2 heterocycles. The molecule has 0 aromatic carbocycles. The molecular formula is C17H26ClN5O5. The van der Waals surface area contributed by atoms with Crippen molar-refractivity contribution in [2.75, 3.05) is 25.5 Å². The molecule has 2 saturated heterocycles. The lowest BCUT2D eigenvalue weighted by Crippen LogP contribution is -2.66. The zero-order valence-corrected chi connectivity index (χ0v) is 16.8. The lowest BCUT2D eigenvalue weighted by Gasteiger charge is -2.38. The summed E-state index contributed by atoms with van der Waals surface area (Å²) in [5.74, 6) is -2.86. The highest BCUT2D eigenvalue weighted by molar-refractivity contribution is 6.38. The summed E-state index contributed by atoms with van der Waals surface area (Å²) >= 11 is 5.77. The van der Waals surface area contributed by atoms with Crippen molar-refractivity contribution in [3.05, 3.63) is 0 Å². The fourth-order valence-corrected chi connectivity index (χ4v) is 3.25. The molecule has 2 rings (SSSR count). The van der Waals surface area contributed by atoms with Gasteiger partial charge in [-0.1, -0.05) is 19.8 Å². The first-order valence-corrected chi connectivity index (χ1v) is 9.90. The summed E-state index contributed by atoms with van der Waals surface area (Å²) in [6, 6.07) is -3.20. The molecule has 0 aromatic rings. The number of alkyl halides is 1. The van der Waals surface area contributed by atoms with Crippen LogP contribution in [-0.2, 0) is 19.2 Å². The van der Waals surface area contributed by atoms with Crippen LogP contribution in [0.1, 0.15) is 33.1 Å². The second-order valence-electron chi connectivity index (χ2n) is 6.95. The highest BCUT2D eigenvalue weighted by atomic mass is 35.5. The minimum Gasteiger partial charge on any atom is -0.352 e. The van der Waals surface area contributed by atoms with Crippen LogP contribution in [0, 0.1) is 0 Å². The molecule has 6 amide bonds. The Kier molecular flexibility index (Phi) is 7.61. The molecule has 0 saturated carbocycles. The van der Waals surface area contributed by atoms with E-state index < -0.39 is 41.9 Å². The Morgan fingerprint density at radius 2 is 1.96 bits per heavy atom. The van der Waals surface area contributed by atoms with Crippen molar-refractivity contribution in [1.29, 1.82) is 0 Å². The Morgan fingerprint density at radius 1 is 1.25 bits per heavy atom. The molecule has 0 aliphatic carbocycles. The fraction of sp³-hybridized carbons (Fsp3) is 0.706. The quantitative estimate of drug-likeness (QED) is 0.206. The number of urea groups is 1. The van der Waals surface area contributed by atoms with Gasteiger partial charge in [0, 0.05) is 19.6 Å². The van der Waals surface area contributed by atoms with Crippen molar-refractivity contribution in [3.8, 4) is 0 Å². The number of imide groups is 1. The Hall–Kier alpha value is -2.36. The number of piperazine rings is 1. The first kappa shape index (κ1) is 21.9. The van der Waals surface area contributed by atoms with Crippen molar-refractivity contribution in [1.82, 2.24) is 25.8 Å². The number of halogens is 1. The average Bonchev–Trinajstić information content (AvgIpc) is 2.66. The molecule has 0 spiro atoms. The summed E-state index contributed by atoms with van der Waals surface area (Å²) in [5.41, 5.74) is 0. The summed E-state index contributed by atoms with van der Waals surface area (Å²) in [4.78, 5) is 63.0. The molecular weight excluding hydrogens is 390 g/mol. The highest BCUT2D eigenvalue weighted by Crippen LogP contribution is 2.14. The Labute approximate surface area is 168 Å². The molecule has 10 nitrogen and oxygen atoms in total. The van der Waals surface area contributed by atoms with Crippen LogP contribution in [0.2, 0.25) is 0 Å². The molecule has 2 fully saturated rings. The smallest absolute Gasteiger partial charge is 0.325 e. The largest absolute Gasteiger partial charge is 0.352 e. The Morgan fingerprint density at radius 3 is 2.50 bits per heavy atom. The van der Waals surface area contributed by atoms with E-state index in [1.807, 2.05) is 6.92 Å². The third kappa shape index (κ3) is 4.92. The molecule has 3 unspecified atom stereocenters. The molecule has 28 heavy (non-hydrogen) atoms. The second-order valence-corrected chi connectivity index (χ2v) is 7.25. The van der Waals surface area contributed by atoms with Gasteiger partial charge in [0.2, 0.25) is 11.8 Å². The molecule has 2 aliphatic rings. The van der Waals surface area contributed by atoms with E-state index in [2.05, 4.69) is 16.0 Å². The van der Waals surface area contributed by atoms with Gasteiger partial charge < -0.3 is 20.9 Å². The molecule has 11 heteroatoms. The van der Waals surface area contributed by atoms with Gasteiger partial charge in [0.25, 0.3) is 0 Å². The van der Waals surface area contributed by atoms with E-state index in [1.54, 1.807) is 6.92 Å². The topological polar surface area (TPSA) is 128 Å². The van der Waals surface area contributed by atoms with Crippen molar-refractivity contribution < 1.29 is 24.0 Å². The van der Waals surface area contributed by atoms with E-state index in [0.29, 0.717) is 13.1 Å². The van der Waals surface area contributed by atoms with Crippen molar-refractivity contribution in [2.24, 2.45) is 0 Å². The highest BCUT2D eigenvalue weighted by Gasteiger charge is 2.41. The average molecular weight is 416 g/mol. The maximum Gasteiger partial charge on any atom is 0.325 e. The van der Waals surface area contributed by atoms with E-state index in [-0.39, 0.29) is 18.3 Å². The number of nitrogens with one attached hydrogen (secondary N) is 3. The summed E-state index contributed by atoms with van der Waals surface area (Å²) in [7, 11) is 0. The first-order valence-electron chi connectivity index (χ1n) is 9.37. The van der Waals surface area contributed by atoms with Crippen LogP contribution in [0.5, 0.6) is 0 Å². The van der Waals surface area contributed by atoms with E-state index >= 15 is 0 Å². The number of hydrogen-bond donors (Lipinski definition) is 3. The van der Waals surface area contributed by atoms with Crippen molar-refractivity contribution >= 4 is 41.3 Å². The summed E-state index contributed by atoms with van der Waals surface area (Å²) in [5, 5.41) is 7.32. The number of unbranched alkanes of at least 4 members (excludes halogenated alkanes) is 2. The van der Waals surface area contributed by atoms with Crippen LogP contribution < -0.4 is 16.0 Å². The van der Waals surface area contributed by atoms with Gasteiger partial charge >= 0.3 is 17.8 Å². The molecule has 0 radical (unpaired) electrons. The second kappa shape index (κ2) is 9.72. The number of β-lactam (4-membered cyclic amide) rings is 1. The number of carbonyl (C=O) groups is 5. The predicted molar refractivity (Wildman–Crippen MR) is 100 cm³/mol. The van der Waals surface area contributed by atoms with Gasteiger partial charge in [-0.15, -0.1) is 11.6 Å². The van der Waals surface area contributed by atoms with Crippen molar-refractivity contribution in [2.45, 2.75) is 51.2 Å². The summed E-state index contributed by atoms with van der Waals surface area (Å²) < 4.78 is 0. The number of hydrogen-bond acceptors (Lipinski definition) is 5. The van der Waals surface area contributed by atoms with Gasteiger partial charge in [0.05, 0.1) is 11.9 Å². The van der Waals surface area contributed by atoms with Gasteiger partial charge in [-0.3, -0.25) is 24.1 Å². The van der Waals surface area contributed by atoms with Crippen LogP contribution >= 0.6 is 11.6 Å². The predicted octanol–water partition coefficient (Wildman–Crippen LogP) is -0.832. The third-order valence-corrected chi connectivity index (χ3v) is 5.06. The zero-order chi connectivity index (χ0) is 20.8. The molecule has 2 aliphatic heterocycles. The third-order valence-electron chi connectivity index (χ3n) is 4.75. The van der Waals surface area contributed by atoms with E-state index in [4.69, 9.17) is 11.6 Å². The fourth-order valence-electron chi connectivity index (χ4n) is 3.03. The Bertz CT molecular complexity index is 658. The maximum atomic E-state index is 12.5. The molecule has 0 bridgehead atoms. The van der Waals surface area contributed by atoms with Gasteiger partial charge in [-0.25, -0.2) is 4.79 Å². The molecule has 3 N–H and O–H groups in total. The van der Waals surface area contributed by atoms with Crippen LogP contribution in [-0.4, -0.2) is 83.1 Å². The van der Waals surface area contributed by atoms with Crippen LogP contribution in [0.25, 0.3) is 0 Å². The molecule has 0 aromatic heterocycles. The van der Waals surface area contributed by atoms with E-state index in [0.717, 1.165) is 24.2 Å². The number of rotatable bonds is 8. The lowest BCUT2D eigenvalue weighted by atomic mass is 10.1. The maximum absolute atomic E-state index is 12.5. The number of carbonyl (C=O) groups excluding carboxylic acids is 5. The van der Waals surface area contributed by atoms with Crippen LogP contribution in [0.15, 0.2) is 0 Å². The van der Waals surface area contributed by atoms with Gasteiger partial charge in [-0.2, -0.15) is 0 Å². The summed E-state index contributed by atoms with van der Waals surface area (Å²) in [6.45, 7) is 4.71. The van der Waals surface area contributed by atoms with Gasteiger partial charge in [-0.05, 0) is 13.3 Å². The Balaban J connectivity index is 1.96. The molecule has 3 atom stereocenters. The monoisotopic (exact) mass is 415 g/mol. The number of nitrogens with zero attached hydrogens (tertiary/aromatic N) is 2. The molecule has 156 valence electrons. The minimum absolute atomic E-state index is 0.238. The normalized spacial score (nSPS) is 23.0. The van der Waals surface area contributed by atoms with E-state index in [1.165, 1.54) is 4.90 Å². The lowest BCUT2D eigenvalue weighted by molar-refractivity contribution is -0.156. The standard InChI is InChI=1S/C17H26ClN5O5/c1-3-4-5-6-22-9-10(2)23(16(27)15(22)26)17(28)21-11(7-18)14(25)20-12-8-19-13(12)24/h10-12H,3-9H2,1-2H3,(H,19,24)(H,20,25)(H,21,28).